The van der Waals surface area contributed by atoms with Crippen LogP contribution in [0.4, 0.5) is 5.69 Å². The molecule has 0 radical (unpaired) electrons. The quantitative estimate of drug-likeness (QED) is 0.831. The van der Waals surface area contributed by atoms with Gasteiger partial charge in [-0.25, -0.2) is 4.68 Å². The van der Waals surface area contributed by atoms with Crippen molar-refractivity contribution < 1.29 is 9.47 Å². The lowest BCUT2D eigenvalue weighted by molar-refractivity contribution is 0.334. The highest BCUT2D eigenvalue weighted by atomic mass is 16.5. The Balaban J connectivity index is 2.38. The number of rotatable bonds is 5. The van der Waals surface area contributed by atoms with Crippen molar-refractivity contribution in [1.29, 1.82) is 0 Å². The average Bonchev–Trinajstić information content (AvgIpc) is 2.44. The highest BCUT2D eigenvalue weighted by Crippen LogP contribution is 2.22. The van der Waals surface area contributed by atoms with Gasteiger partial charge in [0.25, 0.3) is 5.56 Å². The fourth-order valence-corrected chi connectivity index (χ4v) is 1.83. The van der Waals surface area contributed by atoms with E-state index in [4.69, 9.17) is 15.2 Å². The highest BCUT2D eigenvalue weighted by Gasteiger charge is 2.08. The van der Waals surface area contributed by atoms with Crippen LogP contribution >= 0.6 is 0 Å². The van der Waals surface area contributed by atoms with Gasteiger partial charge in [-0.05, 0) is 25.1 Å². The molecule has 6 nitrogen and oxygen atoms in total. The SMILES string of the molecule is CCOc1ccc(N)cc1Cn1nc(OC)ccc1=O. The number of nitrogen functional groups attached to an aromatic ring is 1. The molecule has 0 saturated carbocycles. The zero-order valence-corrected chi connectivity index (χ0v) is 11.5. The van der Waals surface area contributed by atoms with Crippen LogP contribution in [0.2, 0.25) is 0 Å². The molecule has 0 amide bonds. The monoisotopic (exact) mass is 275 g/mol. The molecule has 1 aromatic carbocycles. The minimum absolute atomic E-state index is 0.212. The van der Waals surface area contributed by atoms with Gasteiger partial charge in [-0.2, -0.15) is 0 Å². The Labute approximate surface area is 116 Å². The maximum Gasteiger partial charge on any atom is 0.267 e. The van der Waals surface area contributed by atoms with Crippen LogP contribution in [-0.4, -0.2) is 23.5 Å². The standard InChI is InChI=1S/C14H17N3O3/c1-3-20-12-5-4-11(15)8-10(12)9-17-14(18)7-6-13(16-17)19-2/h4-8H,3,9,15H2,1-2H3. The summed E-state index contributed by atoms with van der Waals surface area (Å²) in [6.45, 7) is 2.71. The molecule has 0 unspecified atom stereocenters. The lowest BCUT2D eigenvalue weighted by Crippen LogP contribution is -2.23. The summed E-state index contributed by atoms with van der Waals surface area (Å²) in [5, 5.41) is 4.10. The molecule has 0 fully saturated rings. The largest absolute Gasteiger partial charge is 0.494 e. The van der Waals surface area contributed by atoms with Gasteiger partial charge < -0.3 is 15.2 Å². The molecule has 0 spiro atoms. The van der Waals surface area contributed by atoms with Crippen molar-refractivity contribution in [2.24, 2.45) is 0 Å². The maximum absolute atomic E-state index is 11.8. The third-order valence-corrected chi connectivity index (χ3v) is 2.76. The molecule has 106 valence electrons. The molecule has 2 aromatic rings. The Morgan fingerprint density at radius 3 is 2.80 bits per heavy atom. The fraction of sp³-hybridized carbons (Fsp3) is 0.286. The van der Waals surface area contributed by atoms with Crippen LogP contribution in [0.1, 0.15) is 12.5 Å². The summed E-state index contributed by atoms with van der Waals surface area (Å²) in [5.74, 6) is 1.07. The van der Waals surface area contributed by atoms with Crippen LogP contribution in [0.15, 0.2) is 35.1 Å². The minimum atomic E-state index is -0.212. The van der Waals surface area contributed by atoms with Gasteiger partial charge in [-0.1, -0.05) is 0 Å². The van der Waals surface area contributed by atoms with Crippen molar-refractivity contribution in [1.82, 2.24) is 9.78 Å². The van der Waals surface area contributed by atoms with Crippen LogP contribution in [0.5, 0.6) is 11.6 Å². The zero-order valence-electron chi connectivity index (χ0n) is 11.5. The first kappa shape index (κ1) is 13.9. The zero-order chi connectivity index (χ0) is 14.5. The second kappa shape index (κ2) is 6.10. The minimum Gasteiger partial charge on any atom is -0.494 e. The molecular formula is C14H17N3O3. The first-order chi connectivity index (χ1) is 9.63. The molecule has 0 aliphatic heterocycles. The molecule has 0 saturated heterocycles. The molecule has 0 aliphatic carbocycles. The van der Waals surface area contributed by atoms with Crippen molar-refractivity contribution in [3.05, 3.63) is 46.2 Å². The Morgan fingerprint density at radius 1 is 1.30 bits per heavy atom. The van der Waals surface area contributed by atoms with Gasteiger partial charge in [-0.15, -0.1) is 5.10 Å². The van der Waals surface area contributed by atoms with E-state index in [9.17, 15) is 4.79 Å². The number of nitrogens with two attached hydrogens (primary N) is 1. The predicted molar refractivity (Wildman–Crippen MR) is 76.2 cm³/mol. The first-order valence-corrected chi connectivity index (χ1v) is 6.27. The van der Waals surface area contributed by atoms with Crippen LogP contribution in [0.3, 0.4) is 0 Å². The summed E-state index contributed by atoms with van der Waals surface area (Å²) in [7, 11) is 1.50. The van der Waals surface area contributed by atoms with Crippen molar-refractivity contribution in [2.75, 3.05) is 19.5 Å². The topological polar surface area (TPSA) is 79.4 Å². The van der Waals surface area contributed by atoms with E-state index in [2.05, 4.69) is 5.10 Å². The Bertz CT molecular complexity index is 652. The van der Waals surface area contributed by atoms with E-state index in [0.717, 1.165) is 5.56 Å². The second-order valence-corrected chi connectivity index (χ2v) is 4.17. The molecule has 6 heteroatoms. The number of anilines is 1. The molecule has 0 bridgehead atoms. The lowest BCUT2D eigenvalue weighted by atomic mass is 10.2. The van der Waals surface area contributed by atoms with Gasteiger partial charge in [0.1, 0.15) is 5.75 Å². The maximum atomic E-state index is 11.8. The number of hydrogen-bond acceptors (Lipinski definition) is 5. The first-order valence-electron chi connectivity index (χ1n) is 6.27. The number of nitrogens with zero attached hydrogens (tertiary/aromatic N) is 2. The van der Waals surface area contributed by atoms with E-state index < -0.39 is 0 Å². The Kier molecular flexibility index (Phi) is 4.24. The third-order valence-electron chi connectivity index (χ3n) is 2.76. The molecule has 1 heterocycles. The van der Waals surface area contributed by atoms with E-state index in [1.54, 1.807) is 18.2 Å². The lowest BCUT2D eigenvalue weighted by Gasteiger charge is -2.12. The fourth-order valence-electron chi connectivity index (χ4n) is 1.83. The van der Waals surface area contributed by atoms with E-state index in [0.29, 0.717) is 23.9 Å². The van der Waals surface area contributed by atoms with Crippen molar-refractivity contribution >= 4 is 5.69 Å². The number of hydrogen-bond donors (Lipinski definition) is 1. The number of ether oxygens (including phenoxy) is 2. The van der Waals surface area contributed by atoms with Crippen LogP contribution < -0.4 is 20.8 Å². The Hall–Kier alpha value is -2.50. The highest BCUT2D eigenvalue weighted by molar-refractivity contribution is 5.48. The van der Waals surface area contributed by atoms with Crippen LogP contribution in [0, 0.1) is 0 Å². The third kappa shape index (κ3) is 3.09. The van der Waals surface area contributed by atoms with Gasteiger partial charge in [0, 0.05) is 23.4 Å². The molecule has 2 N–H and O–H groups in total. The van der Waals surface area contributed by atoms with E-state index in [-0.39, 0.29) is 12.1 Å². The smallest absolute Gasteiger partial charge is 0.267 e. The van der Waals surface area contributed by atoms with E-state index >= 15 is 0 Å². The summed E-state index contributed by atoms with van der Waals surface area (Å²) in [5.41, 5.74) is 6.98. The van der Waals surface area contributed by atoms with Crippen LogP contribution in [0.25, 0.3) is 0 Å². The van der Waals surface area contributed by atoms with Crippen molar-refractivity contribution in [3.63, 3.8) is 0 Å². The summed E-state index contributed by atoms with van der Waals surface area (Å²) in [6.07, 6.45) is 0. The molecule has 2 rings (SSSR count). The summed E-state index contributed by atoms with van der Waals surface area (Å²) in [6, 6.07) is 8.27. The van der Waals surface area contributed by atoms with E-state index in [1.165, 1.54) is 23.9 Å². The van der Waals surface area contributed by atoms with Gasteiger partial charge in [0.05, 0.1) is 20.3 Å². The average molecular weight is 275 g/mol. The van der Waals surface area contributed by atoms with Gasteiger partial charge in [0.2, 0.25) is 5.88 Å². The number of aromatic nitrogens is 2. The molecular weight excluding hydrogens is 258 g/mol. The van der Waals surface area contributed by atoms with Gasteiger partial charge in [0.15, 0.2) is 0 Å². The normalized spacial score (nSPS) is 10.3. The number of methoxy groups -OCH3 is 1. The summed E-state index contributed by atoms with van der Waals surface area (Å²) >= 11 is 0. The van der Waals surface area contributed by atoms with Crippen molar-refractivity contribution in [2.45, 2.75) is 13.5 Å². The molecule has 20 heavy (non-hydrogen) atoms. The van der Waals surface area contributed by atoms with Gasteiger partial charge >= 0.3 is 0 Å². The summed E-state index contributed by atoms with van der Waals surface area (Å²) in [4.78, 5) is 11.8. The van der Waals surface area contributed by atoms with Crippen molar-refractivity contribution in [3.8, 4) is 11.6 Å². The predicted octanol–water partition coefficient (Wildman–Crippen LogP) is 1.28. The Morgan fingerprint density at radius 2 is 2.10 bits per heavy atom. The molecule has 0 atom stereocenters. The van der Waals surface area contributed by atoms with Crippen LogP contribution in [-0.2, 0) is 6.54 Å². The van der Waals surface area contributed by atoms with Gasteiger partial charge in [-0.3, -0.25) is 4.79 Å². The van der Waals surface area contributed by atoms with E-state index in [1.807, 2.05) is 6.92 Å². The molecule has 0 aliphatic rings. The summed E-state index contributed by atoms with van der Waals surface area (Å²) < 4.78 is 11.9. The molecule has 1 aromatic heterocycles. The number of benzene rings is 1. The second-order valence-electron chi connectivity index (χ2n) is 4.17.